The summed E-state index contributed by atoms with van der Waals surface area (Å²) >= 11 is 0. The van der Waals surface area contributed by atoms with Gasteiger partial charge in [0.1, 0.15) is 0 Å². The number of rotatable bonds is 9. The largest absolute Gasteiger partial charge is 0.454 e. The number of carbonyl (C=O) groups excluding carboxylic acids is 4. The van der Waals surface area contributed by atoms with Crippen LogP contribution in [0.3, 0.4) is 0 Å². The van der Waals surface area contributed by atoms with Gasteiger partial charge in [-0.25, -0.2) is 9.59 Å². The molecular weight excluding hydrogens is 452 g/mol. The molecule has 0 saturated heterocycles. The van der Waals surface area contributed by atoms with E-state index >= 15 is 0 Å². The predicted molar refractivity (Wildman–Crippen MR) is 112 cm³/mol. The molecule has 0 aliphatic carbocycles. The Labute approximate surface area is 193 Å². The monoisotopic (exact) mass is 472 g/mol. The zero-order chi connectivity index (χ0) is 23.9. The van der Waals surface area contributed by atoms with Gasteiger partial charge in [0.25, 0.3) is 11.8 Å². The van der Waals surface area contributed by atoms with Gasteiger partial charge in [-0.1, -0.05) is 0 Å². The van der Waals surface area contributed by atoms with Gasteiger partial charge in [0.05, 0.1) is 11.1 Å². The van der Waals surface area contributed by atoms with Crippen molar-refractivity contribution in [1.29, 1.82) is 0 Å². The van der Waals surface area contributed by atoms with Crippen LogP contribution in [0.25, 0.3) is 0 Å². The molecule has 0 saturated carbocycles. The van der Waals surface area contributed by atoms with E-state index in [1.807, 2.05) is 0 Å². The molecule has 4 rings (SSSR count). The van der Waals surface area contributed by atoms with Crippen LogP contribution in [0.2, 0.25) is 0 Å². The quantitative estimate of drug-likeness (QED) is 0.388. The number of carbonyl (C=O) groups is 4. The standard InChI is InChI=1S/C22H20N2O10/c25-19(9-29-21(27)13-1-3-15-17(7-13)33-11-31-15)23-5-6-24-20(26)10-30-22(28)14-2-4-16-18(8-14)34-12-32-16/h1-4,7-8H,5-6,9-12H2,(H,23,25)(H,24,26). The fourth-order valence-corrected chi connectivity index (χ4v) is 2.98. The van der Waals surface area contributed by atoms with Crippen LogP contribution in [-0.4, -0.2) is 63.6 Å². The maximum absolute atomic E-state index is 12.0. The number of esters is 2. The maximum atomic E-state index is 12.0. The lowest BCUT2D eigenvalue weighted by Crippen LogP contribution is -2.38. The van der Waals surface area contributed by atoms with E-state index < -0.39 is 37.0 Å². The average Bonchev–Trinajstić information content (AvgIpc) is 3.51. The summed E-state index contributed by atoms with van der Waals surface area (Å²) in [5, 5.41) is 4.98. The van der Waals surface area contributed by atoms with Gasteiger partial charge in [0, 0.05) is 13.1 Å². The lowest BCUT2D eigenvalue weighted by molar-refractivity contribution is -0.125. The van der Waals surface area contributed by atoms with Crippen molar-refractivity contribution < 1.29 is 47.6 Å². The van der Waals surface area contributed by atoms with Gasteiger partial charge in [-0.05, 0) is 36.4 Å². The molecule has 178 valence electrons. The third-order valence-corrected chi connectivity index (χ3v) is 4.65. The van der Waals surface area contributed by atoms with E-state index in [-0.39, 0.29) is 37.8 Å². The van der Waals surface area contributed by atoms with Gasteiger partial charge >= 0.3 is 11.9 Å². The van der Waals surface area contributed by atoms with Crippen LogP contribution in [0.4, 0.5) is 0 Å². The van der Waals surface area contributed by atoms with E-state index in [1.165, 1.54) is 24.3 Å². The lowest BCUT2D eigenvalue weighted by atomic mass is 10.2. The Hall–Kier alpha value is -4.48. The molecule has 0 fully saturated rings. The summed E-state index contributed by atoms with van der Waals surface area (Å²) in [4.78, 5) is 47.7. The Morgan fingerprint density at radius 1 is 0.647 bits per heavy atom. The smallest absolute Gasteiger partial charge is 0.338 e. The van der Waals surface area contributed by atoms with E-state index in [1.54, 1.807) is 12.1 Å². The first-order valence-corrected chi connectivity index (χ1v) is 10.2. The van der Waals surface area contributed by atoms with Gasteiger partial charge in [-0.2, -0.15) is 0 Å². The van der Waals surface area contributed by atoms with Gasteiger partial charge in [0.2, 0.25) is 13.6 Å². The molecule has 0 atom stereocenters. The molecule has 12 heteroatoms. The number of ether oxygens (including phenoxy) is 6. The number of benzene rings is 2. The van der Waals surface area contributed by atoms with Crippen molar-refractivity contribution in [1.82, 2.24) is 10.6 Å². The first kappa shape index (κ1) is 22.7. The topological polar surface area (TPSA) is 148 Å². The number of nitrogens with one attached hydrogen (secondary N) is 2. The summed E-state index contributed by atoms with van der Waals surface area (Å²) in [5.41, 5.74) is 0.444. The average molecular weight is 472 g/mol. The Bertz CT molecular complexity index is 1030. The Morgan fingerprint density at radius 3 is 1.50 bits per heavy atom. The van der Waals surface area contributed by atoms with Gasteiger partial charge in [-0.3, -0.25) is 9.59 Å². The molecule has 2 aliphatic heterocycles. The zero-order valence-corrected chi connectivity index (χ0v) is 17.8. The van der Waals surface area contributed by atoms with Crippen LogP contribution in [0.5, 0.6) is 23.0 Å². The summed E-state index contributed by atoms with van der Waals surface area (Å²) in [5.74, 6) is -0.558. The van der Waals surface area contributed by atoms with E-state index in [2.05, 4.69) is 10.6 Å². The molecule has 0 aromatic heterocycles. The Kier molecular flexibility index (Phi) is 6.96. The van der Waals surface area contributed by atoms with Crippen molar-refractivity contribution in [2.45, 2.75) is 0 Å². The highest BCUT2D eigenvalue weighted by Gasteiger charge is 2.19. The van der Waals surface area contributed by atoms with Crippen molar-refractivity contribution in [2.24, 2.45) is 0 Å². The Balaban J connectivity index is 1.09. The van der Waals surface area contributed by atoms with Gasteiger partial charge in [0.15, 0.2) is 36.2 Å². The van der Waals surface area contributed by atoms with E-state index in [4.69, 9.17) is 28.4 Å². The van der Waals surface area contributed by atoms with Crippen LogP contribution in [0.15, 0.2) is 36.4 Å². The first-order valence-electron chi connectivity index (χ1n) is 10.2. The second kappa shape index (κ2) is 10.4. The molecule has 0 radical (unpaired) electrons. The molecule has 2 aromatic rings. The summed E-state index contributed by atoms with van der Waals surface area (Å²) in [7, 11) is 0. The highest BCUT2D eigenvalue weighted by molar-refractivity contribution is 5.93. The van der Waals surface area contributed by atoms with E-state index in [0.717, 1.165) is 0 Å². The highest BCUT2D eigenvalue weighted by atomic mass is 16.7. The number of amides is 2. The molecule has 2 amide bonds. The predicted octanol–water partition coefficient (Wildman–Crippen LogP) is 0.390. The Morgan fingerprint density at radius 2 is 1.06 bits per heavy atom. The third-order valence-electron chi connectivity index (χ3n) is 4.65. The van der Waals surface area contributed by atoms with Crippen molar-refractivity contribution in [2.75, 3.05) is 39.9 Å². The van der Waals surface area contributed by atoms with Crippen LogP contribution < -0.4 is 29.6 Å². The summed E-state index contributed by atoms with van der Waals surface area (Å²) in [6.07, 6.45) is 0. The van der Waals surface area contributed by atoms with Gasteiger partial charge in [-0.15, -0.1) is 0 Å². The van der Waals surface area contributed by atoms with Crippen molar-refractivity contribution in [3.63, 3.8) is 0 Å². The summed E-state index contributed by atoms with van der Waals surface area (Å²) in [6.45, 7) is -0.655. The highest BCUT2D eigenvalue weighted by Crippen LogP contribution is 2.33. The number of fused-ring (bicyclic) bond motifs is 2. The minimum Gasteiger partial charge on any atom is -0.454 e. The molecule has 0 bridgehead atoms. The van der Waals surface area contributed by atoms with Crippen LogP contribution in [0.1, 0.15) is 20.7 Å². The number of hydrogen-bond donors (Lipinski definition) is 2. The van der Waals surface area contributed by atoms with Crippen molar-refractivity contribution in [3.05, 3.63) is 47.5 Å². The van der Waals surface area contributed by atoms with Crippen LogP contribution in [-0.2, 0) is 19.1 Å². The van der Waals surface area contributed by atoms with Crippen LogP contribution >= 0.6 is 0 Å². The minimum atomic E-state index is -0.689. The van der Waals surface area contributed by atoms with E-state index in [9.17, 15) is 19.2 Å². The van der Waals surface area contributed by atoms with E-state index in [0.29, 0.717) is 23.0 Å². The maximum Gasteiger partial charge on any atom is 0.338 e. The number of hydrogen-bond acceptors (Lipinski definition) is 10. The fourth-order valence-electron chi connectivity index (χ4n) is 2.98. The molecule has 2 aliphatic rings. The molecule has 0 spiro atoms. The fraction of sp³-hybridized carbons (Fsp3) is 0.273. The molecular formula is C22H20N2O10. The summed E-state index contributed by atoms with van der Waals surface area (Å²) in [6, 6.07) is 9.10. The SMILES string of the molecule is O=C(COC(=O)c1ccc2c(c1)OCO2)NCCNC(=O)COC(=O)c1ccc2c(c1)OCO2. The normalized spacial score (nSPS) is 12.6. The lowest BCUT2D eigenvalue weighted by Gasteiger charge is -2.09. The van der Waals surface area contributed by atoms with Crippen molar-refractivity contribution in [3.8, 4) is 23.0 Å². The second-order valence-corrected chi connectivity index (χ2v) is 6.99. The molecule has 2 N–H and O–H groups in total. The molecule has 12 nitrogen and oxygen atoms in total. The zero-order valence-electron chi connectivity index (χ0n) is 17.8. The third kappa shape index (κ3) is 5.65. The first-order chi connectivity index (χ1) is 16.5. The summed E-state index contributed by atoms with van der Waals surface area (Å²) < 4.78 is 30.6. The second-order valence-electron chi connectivity index (χ2n) is 6.99. The molecule has 0 unspecified atom stereocenters. The minimum absolute atomic E-state index is 0.0785. The van der Waals surface area contributed by atoms with Gasteiger partial charge < -0.3 is 39.1 Å². The van der Waals surface area contributed by atoms with Crippen LogP contribution in [0, 0.1) is 0 Å². The molecule has 2 heterocycles. The molecule has 2 aromatic carbocycles. The van der Waals surface area contributed by atoms with Crippen molar-refractivity contribution >= 4 is 23.8 Å². The molecule has 34 heavy (non-hydrogen) atoms.